The molecule has 0 aliphatic carbocycles. The normalized spacial score (nSPS) is 11.6. The van der Waals surface area contributed by atoms with Gasteiger partial charge in [0.2, 0.25) is 0 Å². The van der Waals surface area contributed by atoms with Gasteiger partial charge in [-0.1, -0.05) is 47.5 Å². The molecule has 0 aliphatic rings. The molecule has 5 N–H and O–H groups in total. The number of carbonyl (C=O) groups excluding carboxylic acids is 2. The minimum Gasteiger partial charge on any atom is -0.364 e. The zero-order valence-electron chi connectivity index (χ0n) is 16.8. The number of benzene rings is 2. The summed E-state index contributed by atoms with van der Waals surface area (Å²) in [5.74, 6) is 2.76. The second-order valence-electron chi connectivity index (χ2n) is 6.96. The van der Waals surface area contributed by atoms with Crippen LogP contribution in [0.4, 0.5) is 13.2 Å². The monoisotopic (exact) mass is 508 g/mol. The van der Waals surface area contributed by atoms with Crippen LogP contribution in [0.2, 0.25) is 10.0 Å². The van der Waals surface area contributed by atoms with Gasteiger partial charge >= 0.3 is 6.18 Å². The quantitative estimate of drug-likeness (QED) is 0.217. The summed E-state index contributed by atoms with van der Waals surface area (Å²) in [4.78, 5) is 29.1. The van der Waals surface area contributed by atoms with Gasteiger partial charge in [0.15, 0.2) is 11.5 Å². The van der Waals surface area contributed by atoms with Crippen molar-refractivity contribution >= 4 is 45.8 Å². The summed E-state index contributed by atoms with van der Waals surface area (Å²) >= 11 is 12.7. The van der Waals surface area contributed by atoms with Crippen LogP contribution in [-0.2, 0) is 6.18 Å². The molecular weight excluding hydrogens is 496 g/mol. The molecule has 0 bridgehead atoms. The molecule has 0 aliphatic heterocycles. The van der Waals surface area contributed by atoms with Gasteiger partial charge < -0.3 is 5.73 Å². The number of carbonyl (C=O) groups is 2. The van der Waals surface area contributed by atoms with Crippen LogP contribution in [0.3, 0.4) is 0 Å². The number of aromatic nitrogens is 3. The standard InChI is InChI=1S/C21H13Cl2F3N6O2/c22-12-6-3-7-29-19(12)32-16(18(27)33)14(17(31-32)21(24,25)26)13-11(20(34)30-28)8-9-4-1-2-5-10(9)15(13)23/h1-8H,28H2,(H2,27,33)(H,30,34). The number of hydrogen-bond acceptors (Lipinski definition) is 5. The Morgan fingerprint density at radius 3 is 2.38 bits per heavy atom. The first kappa shape index (κ1) is 23.5. The van der Waals surface area contributed by atoms with E-state index in [1.54, 1.807) is 24.3 Å². The summed E-state index contributed by atoms with van der Waals surface area (Å²) in [5, 5.41) is 4.01. The third kappa shape index (κ3) is 3.83. The molecule has 13 heteroatoms. The number of rotatable bonds is 4. The predicted molar refractivity (Wildman–Crippen MR) is 119 cm³/mol. The van der Waals surface area contributed by atoms with Crippen molar-refractivity contribution in [2.45, 2.75) is 6.18 Å². The van der Waals surface area contributed by atoms with Gasteiger partial charge in [-0.2, -0.15) is 18.3 Å². The van der Waals surface area contributed by atoms with Gasteiger partial charge in [0.25, 0.3) is 11.8 Å². The number of hydrazine groups is 1. The average molecular weight is 509 g/mol. The van der Waals surface area contributed by atoms with Gasteiger partial charge in [-0.05, 0) is 23.6 Å². The molecule has 4 aromatic rings. The molecule has 2 amide bonds. The van der Waals surface area contributed by atoms with Gasteiger partial charge in [-0.15, -0.1) is 0 Å². The van der Waals surface area contributed by atoms with Crippen molar-refractivity contribution in [3.8, 4) is 16.9 Å². The van der Waals surface area contributed by atoms with Crippen LogP contribution in [0, 0.1) is 0 Å². The number of nitrogens with one attached hydrogen (secondary N) is 1. The lowest BCUT2D eigenvalue weighted by Gasteiger charge is -2.16. The van der Waals surface area contributed by atoms with Crippen molar-refractivity contribution in [1.82, 2.24) is 20.2 Å². The fourth-order valence-electron chi connectivity index (χ4n) is 3.57. The predicted octanol–water partition coefficient (Wildman–Crippen LogP) is 4.12. The molecule has 2 aromatic heterocycles. The summed E-state index contributed by atoms with van der Waals surface area (Å²) in [5.41, 5.74) is 3.58. The number of hydrogen-bond donors (Lipinski definition) is 3. The third-order valence-corrected chi connectivity index (χ3v) is 5.63. The summed E-state index contributed by atoms with van der Waals surface area (Å²) < 4.78 is 43.2. The van der Waals surface area contributed by atoms with E-state index < -0.39 is 40.5 Å². The van der Waals surface area contributed by atoms with Gasteiger partial charge in [0, 0.05) is 22.7 Å². The Kier molecular flexibility index (Phi) is 5.94. The first-order valence-corrected chi connectivity index (χ1v) is 10.1. The Morgan fingerprint density at radius 1 is 1.06 bits per heavy atom. The first-order valence-electron chi connectivity index (χ1n) is 9.39. The van der Waals surface area contributed by atoms with Crippen LogP contribution < -0.4 is 17.0 Å². The number of pyridine rings is 1. The molecule has 174 valence electrons. The number of fused-ring (bicyclic) bond motifs is 1. The molecule has 34 heavy (non-hydrogen) atoms. The molecule has 4 rings (SSSR count). The zero-order valence-corrected chi connectivity index (χ0v) is 18.3. The second kappa shape index (κ2) is 8.60. The molecule has 0 saturated heterocycles. The highest BCUT2D eigenvalue weighted by Gasteiger charge is 2.43. The molecule has 2 heterocycles. The Balaban J connectivity index is 2.24. The average Bonchev–Trinajstić information content (AvgIpc) is 3.19. The second-order valence-corrected chi connectivity index (χ2v) is 7.75. The van der Waals surface area contributed by atoms with Crippen LogP contribution in [0.25, 0.3) is 27.7 Å². The zero-order chi connectivity index (χ0) is 24.8. The van der Waals surface area contributed by atoms with Crippen LogP contribution in [0.15, 0.2) is 48.7 Å². The maximum atomic E-state index is 14.2. The number of halogens is 5. The Bertz CT molecular complexity index is 1470. The number of alkyl halides is 3. The van der Waals surface area contributed by atoms with Crippen molar-refractivity contribution in [3.05, 3.63) is 75.7 Å². The van der Waals surface area contributed by atoms with E-state index in [0.29, 0.717) is 15.5 Å². The lowest BCUT2D eigenvalue weighted by Crippen LogP contribution is -2.30. The van der Waals surface area contributed by atoms with Crippen molar-refractivity contribution in [3.63, 3.8) is 0 Å². The van der Waals surface area contributed by atoms with Crippen LogP contribution in [-0.4, -0.2) is 26.6 Å². The van der Waals surface area contributed by atoms with Crippen molar-refractivity contribution < 1.29 is 22.8 Å². The maximum absolute atomic E-state index is 14.2. The minimum atomic E-state index is -5.09. The highest BCUT2D eigenvalue weighted by atomic mass is 35.5. The number of amides is 2. The molecule has 0 spiro atoms. The lowest BCUT2D eigenvalue weighted by atomic mass is 9.92. The van der Waals surface area contributed by atoms with E-state index in [-0.39, 0.29) is 21.4 Å². The van der Waals surface area contributed by atoms with Crippen molar-refractivity contribution in [1.29, 1.82) is 0 Å². The van der Waals surface area contributed by atoms with Crippen molar-refractivity contribution in [2.75, 3.05) is 0 Å². The van der Waals surface area contributed by atoms with Gasteiger partial charge in [-0.3, -0.25) is 15.0 Å². The summed E-state index contributed by atoms with van der Waals surface area (Å²) in [6.07, 6.45) is -3.84. The molecule has 0 radical (unpaired) electrons. The topological polar surface area (TPSA) is 129 Å². The summed E-state index contributed by atoms with van der Waals surface area (Å²) in [6, 6.07) is 10.5. The van der Waals surface area contributed by atoms with Gasteiger partial charge in [0.1, 0.15) is 5.69 Å². The fourth-order valence-corrected chi connectivity index (χ4v) is 4.14. The SMILES string of the molecule is NNC(=O)c1cc2ccccc2c(Cl)c1-c1c(C(F)(F)F)nn(-c2ncccc2Cl)c1C(N)=O. The van der Waals surface area contributed by atoms with Gasteiger partial charge in [-0.25, -0.2) is 15.5 Å². The number of nitrogen functional groups attached to an aromatic ring is 1. The summed E-state index contributed by atoms with van der Waals surface area (Å²) in [7, 11) is 0. The molecule has 8 nitrogen and oxygen atoms in total. The molecule has 0 saturated carbocycles. The van der Waals surface area contributed by atoms with E-state index in [1.165, 1.54) is 24.4 Å². The summed E-state index contributed by atoms with van der Waals surface area (Å²) in [6.45, 7) is 0. The highest BCUT2D eigenvalue weighted by molar-refractivity contribution is 6.39. The number of primary amides is 1. The van der Waals surface area contributed by atoms with Crippen LogP contribution >= 0.6 is 23.2 Å². The Hall–Kier alpha value is -3.67. The fraction of sp³-hybridized carbons (Fsp3) is 0.0476. The molecule has 0 fully saturated rings. The number of nitrogens with zero attached hydrogens (tertiary/aromatic N) is 3. The molecule has 2 aromatic carbocycles. The van der Waals surface area contributed by atoms with E-state index in [0.717, 1.165) is 0 Å². The molecule has 0 unspecified atom stereocenters. The maximum Gasteiger partial charge on any atom is 0.435 e. The van der Waals surface area contributed by atoms with E-state index >= 15 is 0 Å². The van der Waals surface area contributed by atoms with E-state index in [4.69, 9.17) is 34.8 Å². The third-order valence-electron chi connectivity index (χ3n) is 4.94. The lowest BCUT2D eigenvalue weighted by molar-refractivity contribution is -0.140. The van der Waals surface area contributed by atoms with Crippen LogP contribution in [0.5, 0.6) is 0 Å². The number of nitrogens with two attached hydrogens (primary N) is 2. The van der Waals surface area contributed by atoms with E-state index in [9.17, 15) is 22.8 Å². The van der Waals surface area contributed by atoms with Gasteiger partial charge in [0.05, 0.1) is 15.6 Å². The first-order chi connectivity index (χ1) is 16.1. The largest absolute Gasteiger partial charge is 0.435 e. The van der Waals surface area contributed by atoms with Crippen LogP contribution in [0.1, 0.15) is 26.5 Å². The molecule has 0 atom stereocenters. The van der Waals surface area contributed by atoms with E-state index in [2.05, 4.69) is 10.1 Å². The Morgan fingerprint density at radius 2 is 1.76 bits per heavy atom. The minimum absolute atomic E-state index is 0.0997. The Labute approximate surface area is 199 Å². The highest BCUT2D eigenvalue weighted by Crippen LogP contribution is 2.45. The van der Waals surface area contributed by atoms with Crippen molar-refractivity contribution in [2.24, 2.45) is 11.6 Å². The molecular formula is C21H13Cl2F3N6O2. The smallest absolute Gasteiger partial charge is 0.364 e. The van der Waals surface area contributed by atoms with E-state index in [1.807, 2.05) is 5.43 Å².